The van der Waals surface area contributed by atoms with Gasteiger partial charge in [-0.25, -0.2) is 19.3 Å². The molecule has 2 aliphatic heterocycles. The second-order valence-corrected chi connectivity index (χ2v) is 8.32. The Kier molecular flexibility index (Phi) is 5.64. The van der Waals surface area contributed by atoms with E-state index < -0.39 is 18.2 Å². The van der Waals surface area contributed by atoms with Crippen LogP contribution in [-0.4, -0.2) is 57.5 Å². The molecule has 2 aromatic heterocycles. The standard InChI is InChI=1S/C22H18ClF3N6O2/c1-2-19(33)32-9-11-5-12(32)8-31(11)18-4-3-15-20(30-18)21(28-10-27-15)29-16-6-13(23)17(7-14(16)24)34-22(25)26/h2-4,6-7,10-12,22H,1,5,8-9H2,(H,27,28,29)/t11-,12-/m0/s1. The van der Waals surface area contributed by atoms with Gasteiger partial charge in [-0.05, 0) is 30.7 Å². The first-order valence-corrected chi connectivity index (χ1v) is 10.7. The van der Waals surface area contributed by atoms with E-state index in [1.54, 1.807) is 6.07 Å². The minimum absolute atomic E-state index is 0.0795. The number of hydrogen-bond acceptors (Lipinski definition) is 7. The summed E-state index contributed by atoms with van der Waals surface area (Å²) in [4.78, 5) is 29.1. The number of nitrogens with one attached hydrogen (secondary N) is 1. The summed E-state index contributed by atoms with van der Waals surface area (Å²) in [7, 11) is 0. The smallest absolute Gasteiger partial charge is 0.387 e. The third kappa shape index (κ3) is 3.96. The van der Waals surface area contributed by atoms with Gasteiger partial charge in [0.05, 0.1) is 28.3 Å². The number of pyridine rings is 1. The zero-order valence-electron chi connectivity index (χ0n) is 17.6. The van der Waals surface area contributed by atoms with Crippen molar-refractivity contribution < 1.29 is 22.7 Å². The van der Waals surface area contributed by atoms with Gasteiger partial charge < -0.3 is 19.9 Å². The van der Waals surface area contributed by atoms with Gasteiger partial charge in [-0.2, -0.15) is 8.78 Å². The number of benzene rings is 1. The summed E-state index contributed by atoms with van der Waals surface area (Å²) in [6.07, 6.45) is 3.47. The fourth-order valence-corrected chi connectivity index (χ4v) is 4.66. The molecule has 34 heavy (non-hydrogen) atoms. The highest BCUT2D eigenvalue weighted by Gasteiger charge is 2.45. The molecule has 2 atom stereocenters. The molecule has 3 aromatic rings. The van der Waals surface area contributed by atoms with E-state index in [0.29, 0.717) is 29.9 Å². The van der Waals surface area contributed by atoms with E-state index in [9.17, 15) is 18.0 Å². The zero-order valence-corrected chi connectivity index (χ0v) is 18.3. The van der Waals surface area contributed by atoms with Crippen molar-refractivity contribution in [3.8, 4) is 5.75 Å². The highest BCUT2D eigenvalue weighted by atomic mass is 35.5. The number of nitrogens with zero attached hydrogens (tertiary/aromatic N) is 5. The van der Waals surface area contributed by atoms with Crippen LogP contribution in [0.1, 0.15) is 6.42 Å². The molecule has 12 heteroatoms. The summed E-state index contributed by atoms with van der Waals surface area (Å²) in [5.74, 6) is -0.503. The van der Waals surface area contributed by atoms with Crippen molar-refractivity contribution >= 4 is 45.9 Å². The molecule has 1 N–H and O–H groups in total. The van der Waals surface area contributed by atoms with E-state index in [2.05, 4.69) is 31.5 Å². The van der Waals surface area contributed by atoms with Crippen LogP contribution in [0.4, 0.5) is 30.5 Å². The van der Waals surface area contributed by atoms with Crippen LogP contribution in [0.15, 0.2) is 43.2 Å². The van der Waals surface area contributed by atoms with Crippen molar-refractivity contribution in [3.05, 3.63) is 54.1 Å². The molecule has 1 aromatic carbocycles. The van der Waals surface area contributed by atoms with E-state index in [1.807, 2.05) is 11.0 Å². The highest BCUT2D eigenvalue weighted by Crippen LogP contribution is 2.36. The first-order chi connectivity index (χ1) is 16.3. The quantitative estimate of drug-likeness (QED) is 0.520. The topological polar surface area (TPSA) is 83.5 Å². The minimum atomic E-state index is -3.13. The normalized spacial score (nSPS) is 19.2. The number of ether oxygens (including phenoxy) is 1. The largest absolute Gasteiger partial charge is 0.433 e. The molecule has 176 valence electrons. The van der Waals surface area contributed by atoms with Gasteiger partial charge in [0.25, 0.3) is 0 Å². The third-order valence-electron chi connectivity index (χ3n) is 5.95. The first-order valence-electron chi connectivity index (χ1n) is 10.4. The van der Waals surface area contributed by atoms with Gasteiger partial charge in [0.15, 0.2) is 5.82 Å². The summed E-state index contributed by atoms with van der Waals surface area (Å²) >= 11 is 5.97. The van der Waals surface area contributed by atoms with Crippen molar-refractivity contribution in [2.45, 2.75) is 25.1 Å². The lowest BCUT2D eigenvalue weighted by Gasteiger charge is -2.34. The van der Waals surface area contributed by atoms with Crippen molar-refractivity contribution in [1.29, 1.82) is 0 Å². The predicted molar refractivity (Wildman–Crippen MR) is 120 cm³/mol. The fourth-order valence-electron chi connectivity index (χ4n) is 4.45. The second kappa shape index (κ2) is 8.64. The van der Waals surface area contributed by atoms with Crippen LogP contribution in [0.25, 0.3) is 11.0 Å². The number of piperazine rings is 1. The molecule has 2 fully saturated rings. The van der Waals surface area contributed by atoms with Gasteiger partial charge in [0.1, 0.15) is 29.2 Å². The van der Waals surface area contributed by atoms with E-state index in [-0.39, 0.29) is 34.5 Å². The van der Waals surface area contributed by atoms with Crippen LogP contribution in [0.2, 0.25) is 5.02 Å². The lowest BCUT2D eigenvalue weighted by Crippen LogP contribution is -2.48. The Morgan fingerprint density at radius 3 is 2.79 bits per heavy atom. The molecule has 2 bridgehead atoms. The van der Waals surface area contributed by atoms with Gasteiger partial charge in [0, 0.05) is 19.2 Å². The number of rotatable bonds is 6. The van der Waals surface area contributed by atoms with E-state index >= 15 is 0 Å². The SMILES string of the molecule is C=CC(=O)N1C[C@@H]2C[C@H]1CN2c1ccc2ncnc(Nc3cc(Cl)c(OC(F)F)cc3F)c2n1. The van der Waals surface area contributed by atoms with E-state index in [0.717, 1.165) is 18.6 Å². The number of carbonyl (C=O) groups excluding carboxylic acids is 1. The van der Waals surface area contributed by atoms with Gasteiger partial charge in [0.2, 0.25) is 5.91 Å². The Hall–Kier alpha value is -3.60. The molecule has 0 spiro atoms. The Bertz CT molecular complexity index is 1290. The van der Waals surface area contributed by atoms with Crippen molar-refractivity contribution in [3.63, 3.8) is 0 Å². The maximum Gasteiger partial charge on any atom is 0.387 e. The Labute approximate surface area is 197 Å². The average molecular weight is 491 g/mol. The maximum atomic E-state index is 14.6. The number of halogens is 4. The second-order valence-electron chi connectivity index (χ2n) is 7.92. The van der Waals surface area contributed by atoms with Crippen molar-refractivity contribution in [1.82, 2.24) is 19.9 Å². The minimum Gasteiger partial charge on any atom is -0.433 e. The molecule has 0 saturated carbocycles. The molecular formula is C22H18ClF3N6O2. The van der Waals surface area contributed by atoms with Crippen LogP contribution in [-0.2, 0) is 4.79 Å². The lowest BCUT2D eigenvalue weighted by atomic mass is 10.2. The maximum absolute atomic E-state index is 14.6. The number of anilines is 3. The number of amides is 1. The summed E-state index contributed by atoms with van der Waals surface area (Å²) in [5, 5.41) is 2.63. The summed E-state index contributed by atoms with van der Waals surface area (Å²) in [6, 6.07) is 5.74. The van der Waals surface area contributed by atoms with Crippen LogP contribution in [0.3, 0.4) is 0 Å². The number of fused-ring (bicyclic) bond motifs is 3. The molecule has 0 radical (unpaired) electrons. The number of aromatic nitrogens is 3. The molecule has 8 nitrogen and oxygen atoms in total. The number of alkyl halides is 2. The lowest BCUT2D eigenvalue weighted by molar-refractivity contribution is -0.127. The van der Waals surface area contributed by atoms with Crippen LogP contribution < -0.4 is 15.0 Å². The fraction of sp³-hybridized carbons (Fsp3) is 0.273. The molecule has 0 unspecified atom stereocenters. The average Bonchev–Trinajstić information content (AvgIpc) is 3.42. The molecule has 0 aliphatic carbocycles. The molecular weight excluding hydrogens is 473 g/mol. The van der Waals surface area contributed by atoms with Gasteiger partial charge in [-0.15, -0.1) is 0 Å². The van der Waals surface area contributed by atoms with Crippen LogP contribution in [0.5, 0.6) is 5.75 Å². The summed E-state index contributed by atoms with van der Waals surface area (Å²) in [5.41, 5.74) is 0.834. The third-order valence-corrected chi connectivity index (χ3v) is 6.25. The monoisotopic (exact) mass is 490 g/mol. The van der Waals surface area contributed by atoms with Gasteiger partial charge in [-0.1, -0.05) is 18.2 Å². The Morgan fingerprint density at radius 2 is 2.09 bits per heavy atom. The predicted octanol–water partition coefficient (Wildman–Crippen LogP) is 4.14. The summed E-state index contributed by atoms with van der Waals surface area (Å²) < 4.78 is 43.8. The van der Waals surface area contributed by atoms with Gasteiger partial charge in [-0.3, -0.25) is 4.79 Å². The van der Waals surface area contributed by atoms with E-state index in [1.165, 1.54) is 12.4 Å². The number of likely N-dealkylation sites (tertiary alicyclic amines) is 1. The van der Waals surface area contributed by atoms with Crippen LogP contribution in [0, 0.1) is 5.82 Å². The van der Waals surface area contributed by atoms with Crippen LogP contribution >= 0.6 is 11.6 Å². The molecule has 2 aliphatic rings. The van der Waals surface area contributed by atoms with Crippen molar-refractivity contribution in [2.24, 2.45) is 0 Å². The highest BCUT2D eigenvalue weighted by molar-refractivity contribution is 6.32. The van der Waals surface area contributed by atoms with Crippen molar-refractivity contribution in [2.75, 3.05) is 23.3 Å². The van der Waals surface area contributed by atoms with Gasteiger partial charge >= 0.3 is 6.61 Å². The molecule has 1 amide bonds. The molecule has 5 rings (SSSR count). The number of carbonyl (C=O) groups is 1. The first kappa shape index (κ1) is 22.2. The Morgan fingerprint density at radius 1 is 1.26 bits per heavy atom. The molecule has 2 saturated heterocycles. The zero-order chi connectivity index (χ0) is 24.0. The van der Waals surface area contributed by atoms with E-state index in [4.69, 9.17) is 16.6 Å². The number of hydrogen-bond donors (Lipinski definition) is 1. The Balaban J connectivity index is 1.43. The molecule has 4 heterocycles. The summed E-state index contributed by atoms with van der Waals surface area (Å²) in [6.45, 7) is 1.65.